The number of aromatic nitrogens is 3. The van der Waals surface area contributed by atoms with Crippen molar-refractivity contribution in [1.82, 2.24) is 19.7 Å². The van der Waals surface area contributed by atoms with Crippen molar-refractivity contribution in [2.45, 2.75) is 18.9 Å². The third-order valence-corrected chi connectivity index (χ3v) is 3.16. The predicted octanol–water partition coefficient (Wildman–Crippen LogP) is 1.92. The first-order valence-corrected chi connectivity index (χ1v) is 5.86. The molecular weight excluding hydrogens is 256 g/mol. The number of hydrogen-bond donors (Lipinski definition) is 1. The molecule has 0 aromatic carbocycles. The molecule has 78 valence electrons. The summed E-state index contributed by atoms with van der Waals surface area (Å²) in [5, 5.41) is 3.44. The summed E-state index contributed by atoms with van der Waals surface area (Å²) >= 11 is 3.35. The van der Waals surface area contributed by atoms with Crippen LogP contribution in [0.1, 0.15) is 24.6 Å². The van der Waals surface area contributed by atoms with Gasteiger partial charge in [0, 0.05) is 12.4 Å². The maximum atomic E-state index is 4.55. The molecule has 1 saturated heterocycles. The largest absolute Gasteiger partial charge is 0.309 e. The van der Waals surface area contributed by atoms with Crippen molar-refractivity contribution < 1.29 is 0 Å². The summed E-state index contributed by atoms with van der Waals surface area (Å²) in [4.78, 5) is 8.71. The van der Waals surface area contributed by atoms with Gasteiger partial charge in [-0.15, -0.1) is 0 Å². The highest BCUT2D eigenvalue weighted by molar-refractivity contribution is 9.10. The molecule has 3 heterocycles. The molecule has 15 heavy (non-hydrogen) atoms. The molecule has 1 fully saturated rings. The molecule has 2 aromatic heterocycles. The summed E-state index contributed by atoms with van der Waals surface area (Å²) < 4.78 is 2.84. The van der Waals surface area contributed by atoms with E-state index in [1.165, 1.54) is 12.8 Å². The van der Waals surface area contributed by atoms with Crippen molar-refractivity contribution in [3.05, 3.63) is 28.9 Å². The normalized spacial score (nSPS) is 21.3. The van der Waals surface area contributed by atoms with Gasteiger partial charge in [-0.05, 0) is 35.3 Å². The Morgan fingerprint density at radius 1 is 1.47 bits per heavy atom. The zero-order valence-corrected chi connectivity index (χ0v) is 9.74. The number of fused-ring (bicyclic) bond motifs is 1. The highest BCUT2D eigenvalue weighted by Gasteiger charge is 2.18. The molecule has 1 aliphatic heterocycles. The van der Waals surface area contributed by atoms with E-state index in [1.54, 1.807) is 6.20 Å². The molecule has 1 aliphatic rings. The first-order chi connectivity index (χ1) is 7.33. The van der Waals surface area contributed by atoms with Gasteiger partial charge in [-0.2, -0.15) is 0 Å². The van der Waals surface area contributed by atoms with E-state index >= 15 is 0 Å². The van der Waals surface area contributed by atoms with Crippen LogP contribution in [0.3, 0.4) is 0 Å². The van der Waals surface area contributed by atoms with Gasteiger partial charge in [0.25, 0.3) is 0 Å². The zero-order valence-electron chi connectivity index (χ0n) is 8.15. The molecule has 0 bridgehead atoms. The van der Waals surface area contributed by atoms with E-state index in [-0.39, 0.29) is 0 Å². The van der Waals surface area contributed by atoms with Crippen LogP contribution in [0, 0.1) is 0 Å². The van der Waals surface area contributed by atoms with Gasteiger partial charge in [-0.25, -0.2) is 9.97 Å². The molecule has 2 aromatic rings. The molecule has 0 saturated carbocycles. The molecule has 0 amide bonds. The van der Waals surface area contributed by atoms with Gasteiger partial charge in [0.2, 0.25) is 0 Å². The van der Waals surface area contributed by atoms with Gasteiger partial charge in [0.05, 0.1) is 17.9 Å². The van der Waals surface area contributed by atoms with E-state index in [2.05, 4.69) is 37.4 Å². The molecule has 1 N–H and O–H groups in total. The number of nitrogens with one attached hydrogen (secondary N) is 1. The van der Waals surface area contributed by atoms with Crippen molar-refractivity contribution >= 4 is 21.6 Å². The third-order valence-electron chi connectivity index (χ3n) is 2.75. The number of rotatable bonds is 1. The number of imidazole rings is 1. The number of halogens is 1. The van der Waals surface area contributed by atoms with Gasteiger partial charge in [-0.1, -0.05) is 0 Å². The van der Waals surface area contributed by atoms with Gasteiger partial charge in [0.15, 0.2) is 5.65 Å². The minimum atomic E-state index is 0.420. The molecule has 0 spiro atoms. The second kappa shape index (κ2) is 3.57. The first kappa shape index (κ1) is 9.30. The van der Waals surface area contributed by atoms with E-state index < -0.39 is 0 Å². The van der Waals surface area contributed by atoms with E-state index in [0.29, 0.717) is 6.04 Å². The van der Waals surface area contributed by atoms with Crippen LogP contribution in [0.5, 0.6) is 0 Å². The fourth-order valence-electron chi connectivity index (χ4n) is 2.00. The zero-order chi connectivity index (χ0) is 10.3. The molecule has 3 rings (SSSR count). The Hall–Kier alpha value is -0.940. The van der Waals surface area contributed by atoms with Gasteiger partial charge < -0.3 is 9.72 Å². The number of nitrogens with zero attached hydrogens (tertiary/aromatic N) is 3. The number of hydrogen-bond acceptors (Lipinski definition) is 3. The van der Waals surface area contributed by atoms with Gasteiger partial charge in [0.1, 0.15) is 4.60 Å². The Balaban J connectivity index is 2.05. The Morgan fingerprint density at radius 2 is 2.40 bits per heavy atom. The smallest absolute Gasteiger partial charge is 0.155 e. The lowest BCUT2D eigenvalue weighted by Crippen LogP contribution is -2.12. The predicted molar refractivity (Wildman–Crippen MR) is 60.7 cm³/mol. The van der Waals surface area contributed by atoms with Crippen LogP contribution in [0.4, 0.5) is 0 Å². The topological polar surface area (TPSA) is 42.2 Å². The summed E-state index contributed by atoms with van der Waals surface area (Å²) in [5.74, 6) is 0. The van der Waals surface area contributed by atoms with Crippen LogP contribution in [0.2, 0.25) is 0 Å². The van der Waals surface area contributed by atoms with Gasteiger partial charge in [-0.3, -0.25) is 0 Å². The Bertz CT molecular complexity index is 487. The molecular formula is C10H11BrN4. The highest BCUT2D eigenvalue weighted by atomic mass is 79.9. The van der Waals surface area contributed by atoms with E-state index in [1.807, 2.05) is 10.6 Å². The van der Waals surface area contributed by atoms with Crippen LogP contribution in [0.15, 0.2) is 23.2 Å². The molecule has 0 radical (unpaired) electrons. The molecule has 0 aliphatic carbocycles. The Kier molecular flexibility index (Phi) is 2.21. The lowest BCUT2D eigenvalue weighted by Gasteiger charge is -2.03. The summed E-state index contributed by atoms with van der Waals surface area (Å²) in [5.41, 5.74) is 2.02. The van der Waals surface area contributed by atoms with Crippen LogP contribution in [0.25, 0.3) is 5.65 Å². The standard InChI is InChI=1S/C10H11BrN4/c11-9-6-15-5-8(7-2-1-3-12-7)14-10(15)4-13-9/h4-7,12H,1-3H2/t7-/m1/s1. The average Bonchev–Trinajstić information content (AvgIpc) is 2.84. The average molecular weight is 267 g/mol. The fraction of sp³-hybridized carbons (Fsp3) is 0.400. The van der Waals surface area contributed by atoms with E-state index in [4.69, 9.17) is 0 Å². The summed E-state index contributed by atoms with van der Waals surface area (Å²) in [7, 11) is 0. The highest BCUT2D eigenvalue weighted by Crippen LogP contribution is 2.22. The van der Waals surface area contributed by atoms with E-state index in [0.717, 1.165) is 22.5 Å². The molecule has 1 atom stereocenters. The Labute approximate surface area is 95.9 Å². The van der Waals surface area contributed by atoms with Crippen molar-refractivity contribution in [1.29, 1.82) is 0 Å². The molecule has 4 nitrogen and oxygen atoms in total. The minimum absolute atomic E-state index is 0.420. The maximum Gasteiger partial charge on any atom is 0.155 e. The van der Waals surface area contributed by atoms with Crippen LogP contribution >= 0.6 is 15.9 Å². The van der Waals surface area contributed by atoms with Gasteiger partial charge >= 0.3 is 0 Å². The van der Waals surface area contributed by atoms with Crippen LogP contribution < -0.4 is 5.32 Å². The van der Waals surface area contributed by atoms with Crippen LogP contribution in [-0.2, 0) is 0 Å². The van der Waals surface area contributed by atoms with Crippen molar-refractivity contribution in [2.24, 2.45) is 0 Å². The minimum Gasteiger partial charge on any atom is -0.309 e. The maximum absolute atomic E-state index is 4.55. The second-order valence-corrected chi connectivity index (χ2v) is 4.60. The monoisotopic (exact) mass is 266 g/mol. The van der Waals surface area contributed by atoms with Crippen molar-refractivity contribution in [3.63, 3.8) is 0 Å². The summed E-state index contributed by atoms with van der Waals surface area (Å²) in [6.07, 6.45) is 8.20. The quantitative estimate of drug-likeness (QED) is 0.858. The van der Waals surface area contributed by atoms with E-state index in [9.17, 15) is 0 Å². The second-order valence-electron chi connectivity index (χ2n) is 3.79. The first-order valence-electron chi connectivity index (χ1n) is 5.06. The molecule has 5 heteroatoms. The Morgan fingerprint density at radius 3 is 3.20 bits per heavy atom. The molecule has 0 unspecified atom stereocenters. The SMILES string of the molecule is Brc1cn2cc([C@H]3CCCN3)nc2cn1. The summed E-state index contributed by atoms with van der Waals surface area (Å²) in [6.45, 7) is 1.10. The summed E-state index contributed by atoms with van der Waals surface area (Å²) in [6, 6.07) is 0.420. The van der Waals surface area contributed by atoms with Crippen LogP contribution in [-0.4, -0.2) is 20.9 Å². The fourth-order valence-corrected chi connectivity index (χ4v) is 2.32. The third kappa shape index (κ3) is 1.66. The van der Waals surface area contributed by atoms with Crippen molar-refractivity contribution in [2.75, 3.05) is 6.54 Å². The van der Waals surface area contributed by atoms with Crippen molar-refractivity contribution in [3.8, 4) is 0 Å². The lowest BCUT2D eigenvalue weighted by molar-refractivity contribution is 0.632. The lowest BCUT2D eigenvalue weighted by atomic mass is 10.2.